The molecule has 1 aromatic rings. The van der Waals surface area contributed by atoms with E-state index in [-0.39, 0.29) is 30.7 Å². The van der Waals surface area contributed by atoms with Crippen molar-refractivity contribution in [3.8, 4) is 5.75 Å². The van der Waals surface area contributed by atoms with Crippen LogP contribution in [-0.2, 0) is 19.1 Å². The highest BCUT2D eigenvalue weighted by Crippen LogP contribution is 2.31. The summed E-state index contributed by atoms with van der Waals surface area (Å²) >= 11 is 0. The van der Waals surface area contributed by atoms with Crippen molar-refractivity contribution >= 4 is 23.8 Å². The molecule has 0 aromatic heterocycles. The Morgan fingerprint density at radius 2 is 1.68 bits per heavy atom. The highest BCUT2D eigenvalue weighted by atomic mass is 16.6. The number of unbranched alkanes of at least 4 members (excludes halogenated alkanes) is 2. The van der Waals surface area contributed by atoms with Gasteiger partial charge in [0.1, 0.15) is 23.4 Å². The van der Waals surface area contributed by atoms with Gasteiger partial charge >= 0.3 is 6.09 Å². The molecule has 0 radical (unpaired) electrons. The van der Waals surface area contributed by atoms with Crippen molar-refractivity contribution in [2.24, 2.45) is 5.73 Å². The van der Waals surface area contributed by atoms with E-state index in [2.05, 4.69) is 10.6 Å². The number of aromatic hydroxyl groups is 1. The molecule has 4 amide bonds. The number of carbonyl (C=O) groups is 4. The Balaban J connectivity index is 3.55. The third-order valence-electron chi connectivity index (χ3n) is 5.24. The Kier molecular flexibility index (Phi) is 11.9. The molecular weight excluding hydrogens is 476 g/mol. The molecule has 0 bridgehead atoms. The first-order chi connectivity index (χ1) is 17.1. The number of benzene rings is 1. The van der Waals surface area contributed by atoms with Crippen LogP contribution in [0.5, 0.6) is 5.75 Å². The number of amides is 4. The van der Waals surface area contributed by atoms with E-state index in [9.17, 15) is 24.3 Å². The van der Waals surface area contributed by atoms with E-state index in [1.165, 1.54) is 11.0 Å². The Morgan fingerprint density at radius 1 is 1.05 bits per heavy atom. The summed E-state index contributed by atoms with van der Waals surface area (Å²) in [4.78, 5) is 53.1. The van der Waals surface area contributed by atoms with Gasteiger partial charge in [0.2, 0.25) is 17.7 Å². The van der Waals surface area contributed by atoms with E-state index in [4.69, 9.17) is 10.5 Å². The van der Waals surface area contributed by atoms with Crippen molar-refractivity contribution in [3.63, 3.8) is 0 Å². The van der Waals surface area contributed by atoms with Crippen molar-refractivity contribution in [1.82, 2.24) is 15.5 Å². The zero-order valence-corrected chi connectivity index (χ0v) is 23.2. The number of para-hydroxylation sites is 1. The first-order valence-electron chi connectivity index (χ1n) is 12.7. The number of hydrogen-bond donors (Lipinski definition) is 4. The minimum atomic E-state index is -1.18. The van der Waals surface area contributed by atoms with Crippen LogP contribution in [-0.4, -0.2) is 57.5 Å². The molecule has 2 unspecified atom stereocenters. The molecule has 0 aliphatic heterocycles. The molecule has 2 atom stereocenters. The van der Waals surface area contributed by atoms with Crippen LogP contribution >= 0.6 is 0 Å². The predicted octanol–water partition coefficient (Wildman–Crippen LogP) is 3.53. The summed E-state index contributed by atoms with van der Waals surface area (Å²) in [5.74, 6) is -1.84. The van der Waals surface area contributed by atoms with Gasteiger partial charge in [-0.2, -0.15) is 0 Å². The highest BCUT2D eigenvalue weighted by molar-refractivity contribution is 5.93. The zero-order valence-electron chi connectivity index (χ0n) is 23.2. The van der Waals surface area contributed by atoms with Gasteiger partial charge in [0.15, 0.2) is 0 Å². The molecule has 37 heavy (non-hydrogen) atoms. The second-order valence-corrected chi connectivity index (χ2v) is 11.1. The molecule has 0 fully saturated rings. The van der Waals surface area contributed by atoms with Crippen LogP contribution in [0.15, 0.2) is 24.3 Å². The summed E-state index contributed by atoms with van der Waals surface area (Å²) in [5.41, 5.74) is 4.16. The second kappa shape index (κ2) is 13.9. The fourth-order valence-corrected chi connectivity index (χ4v) is 3.70. The molecule has 0 saturated carbocycles. The summed E-state index contributed by atoms with van der Waals surface area (Å²) in [5, 5.41) is 16.1. The quantitative estimate of drug-likeness (QED) is 0.310. The molecular formula is C27H44N4O6. The maximum absolute atomic E-state index is 14.0. The topological polar surface area (TPSA) is 151 Å². The number of hydrogen-bond acceptors (Lipinski definition) is 6. The van der Waals surface area contributed by atoms with E-state index < -0.39 is 47.0 Å². The summed E-state index contributed by atoms with van der Waals surface area (Å²) in [6.07, 6.45) is 1.19. The van der Waals surface area contributed by atoms with E-state index in [1.54, 1.807) is 39.0 Å². The Hall–Kier alpha value is -3.30. The maximum atomic E-state index is 14.0. The average molecular weight is 521 g/mol. The standard InChI is InChI=1S/C27H44N4O6/c1-8-9-12-17-31(22(23(34)30-26(2,3)4)18-13-10-11-14-20(18)32)24(35)19(15-16-21(28)33)29-25(36)37-27(5,6)7/h10-11,13-14,19,22,32H,8-9,12,15-17H2,1-7H3,(H2,28,33)(H,29,36)(H,30,34). The van der Waals surface area contributed by atoms with Crippen molar-refractivity contribution in [1.29, 1.82) is 0 Å². The molecule has 0 saturated heterocycles. The van der Waals surface area contributed by atoms with Gasteiger partial charge in [-0.3, -0.25) is 14.4 Å². The Morgan fingerprint density at radius 3 is 2.19 bits per heavy atom. The molecule has 0 heterocycles. The van der Waals surface area contributed by atoms with Crippen LogP contribution in [0.2, 0.25) is 0 Å². The van der Waals surface area contributed by atoms with Gasteiger partial charge in [-0.25, -0.2) is 4.79 Å². The van der Waals surface area contributed by atoms with Crippen LogP contribution in [0.4, 0.5) is 4.79 Å². The molecule has 1 rings (SSSR count). The largest absolute Gasteiger partial charge is 0.508 e. The third kappa shape index (κ3) is 11.5. The van der Waals surface area contributed by atoms with Gasteiger partial charge in [0.05, 0.1) is 0 Å². The zero-order chi connectivity index (χ0) is 28.4. The number of alkyl carbamates (subject to hydrolysis) is 1. The SMILES string of the molecule is CCCCCN(C(=O)C(CCC(N)=O)NC(=O)OC(C)(C)C)C(C(=O)NC(C)(C)C)c1ccccc1O. The number of phenols is 1. The number of nitrogens with zero attached hydrogens (tertiary/aromatic N) is 1. The van der Waals surface area contributed by atoms with Gasteiger partial charge in [-0.05, 0) is 60.5 Å². The van der Waals surface area contributed by atoms with Gasteiger partial charge < -0.3 is 31.1 Å². The predicted molar refractivity (Wildman–Crippen MR) is 142 cm³/mol. The number of ether oxygens (including phenoxy) is 1. The second-order valence-electron chi connectivity index (χ2n) is 11.1. The number of primary amides is 1. The lowest BCUT2D eigenvalue weighted by Crippen LogP contribution is -2.55. The first kappa shape index (κ1) is 31.7. The molecule has 0 aliphatic rings. The van der Waals surface area contributed by atoms with E-state index in [1.807, 2.05) is 27.7 Å². The molecule has 5 N–H and O–H groups in total. The van der Waals surface area contributed by atoms with E-state index >= 15 is 0 Å². The molecule has 10 heteroatoms. The Bertz CT molecular complexity index is 936. The first-order valence-corrected chi connectivity index (χ1v) is 12.7. The fraction of sp³-hybridized carbons (Fsp3) is 0.630. The summed E-state index contributed by atoms with van der Waals surface area (Å²) in [6, 6.07) is 3.97. The van der Waals surface area contributed by atoms with E-state index in [0.29, 0.717) is 6.42 Å². The summed E-state index contributed by atoms with van der Waals surface area (Å²) in [6.45, 7) is 12.7. The van der Waals surface area contributed by atoms with Gasteiger partial charge in [-0.15, -0.1) is 0 Å². The molecule has 0 spiro atoms. The van der Waals surface area contributed by atoms with Crippen LogP contribution in [0.3, 0.4) is 0 Å². The van der Waals surface area contributed by atoms with E-state index in [0.717, 1.165) is 12.8 Å². The van der Waals surface area contributed by atoms with Crippen LogP contribution in [0.1, 0.15) is 92.2 Å². The summed E-state index contributed by atoms with van der Waals surface area (Å²) < 4.78 is 5.32. The molecule has 1 aromatic carbocycles. The number of rotatable bonds is 12. The lowest BCUT2D eigenvalue weighted by atomic mass is 9.98. The number of nitrogens with two attached hydrogens (primary N) is 1. The smallest absolute Gasteiger partial charge is 0.408 e. The number of nitrogens with one attached hydrogen (secondary N) is 2. The van der Waals surface area contributed by atoms with Crippen molar-refractivity contribution in [2.75, 3.05) is 6.54 Å². The van der Waals surface area contributed by atoms with Crippen molar-refractivity contribution < 1.29 is 29.0 Å². The maximum Gasteiger partial charge on any atom is 0.408 e. The number of carbonyl (C=O) groups excluding carboxylic acids is 4. The van der Waals surface area contributed by atoms with Crippen molar-refractivity contribution in [3.05, 3.63) is 29.8 Å². The van der Waals surface area contributed by atoms with Crippen molar-refractivity contribution in [2.45, 2.75) is 104 Å². The number of phenolic OH excluding ortho intramolecular Hbond substituents is 1. The lowest BCUT2D eigenvalue weighted by Gasteiger charge is -2.36. The highest BCUT2D eigenvalue weighted by Gasteiger charge is 2.38. The third-order valence-corrected chi connectivity index (χ3v) is 5.24. The minimum Gasteiger partial charge on any atom is -0.508 e. The molecule has 0 aliphatic carbocycles. The van der Waals surface area contributed by atoms with Gasteiger partial charge in [0, 0.05) is 24.1 Å². The van der Waals surface area contributed by atoms with Crippen LogP contribution in [0.25, 0.3) is 0 Å². The van der Waals surface area contributed by atoms with Gasteiger partial charge in [-0.1, -0.05) is 38.0 Å². The van der Waals surface area contributed by atoms with Crippen LogP contribution < -0.4 is 16.4 Å². The molecule has 208 valence electrons. The summed E-state index contributed by atoms with van der Waals surface area (Å²) in [7, 11) is 0. The van der Waals surface area contributed by atoms with Gasteiger partial charge in [0.25, 0.3) is 0 Å². The Labute approximate surface area is 220 Å². The minimum absolute atomic E-state index is 0.0773. The van der Waals surface area contributed by atoms with Crippen LogP contribution in [0, 0.1) is 0 Å². The average Bonchev–Trinajstić information content (AvgIpc) is 2.74. The monoisotopic (exact) mass is 520 g/mol. The normalized spacial score (nSPS) is 13.3. The fourth-order valence-electron chi connectivity index (χ4n) is 3.70. The lowest BCUT2D eigenvalue weighted by molar-refractivity contribution is -0.143. The molecule has 10 nitrogen and oxygen atoms in total.